The van der Waals surface area contributed by atoms with E-state index in [2.05, 4.69) is 43.0 Å². The van der Waals surface area contributed by atoms with Crippen molar-refractivity contribution in [3.05, 3.63) is 12.4 Å². The van der Waals surface area contributed by atoms with E-state index in [1.54, 1.807) is 0 Å². The van der Waals surface area contributed by atoms with Gasteiger partial charge in [0.15, 0.2) is 0 Å². The molecule has 1 rings (SSSR count). The summed E-state index contributed by atoms with van der Waals surface area (Å²) in [6.45, 7) is 9.39. The first kappa shape index (κ1) is 21.4. The van der Waals surface area contributed by atoms with Gasteiger partial charge in [0.1, 0.15) is 6.17 Å². The van der Waals surface area contributed by atoms with Gasteiger partial charge < -0.3 is 9.80 Å². The molecule has 1 aliphatic rings. The van der Waals surface area contributed by atoms with Crippen molar-refractivity contribution in [2.45, 2.75) is 117 Å². The normalized spacial score (nSPS) is 17.2. The maximum absolute atomic E-state index is 2.63. The summed E-state index contributed by atoms with van der Waals surface area (Å²) in [6, 6.07) is 0. The number of hydrogen-bond acceptors (Lipinski definition) is 2. The van der Waals surface area contributed by atoms with Crippen LogP contribution in [0.1, 0.15) is 111 Å². The van der Waals surface area contributed by atoms with Gasteiger partial charge in [0.05, 0.1) is 0 Å². The Kier molecular flexibility index (Phi) is 13.1. The lowest BCUT2D eigenvalue weighted by Crippen LogP contribution is -2.39. The van der Waals surface area contributed by atoms with Crippen LogP contribution >= 0.6 is 0 Å². The predicted molar refractivity (Wildman–Crippen MR) is 108 cm³/mol. The molecule has 1 heterocycles. The third kappa shape index (κ3) is 8.99. The largest absolute Gasteiger partial charge is 0.356 e. The Bertz CT molecular complexity index is 300. The summed E-state index contributed by atoms with van der Waals surface area (Å²) in [5.74, 6) is 0. The lowest BCUT2D eigenvalue weighted by Gasteiger charge is -2.33. The molecule has 0 aromatic heterocycles. The second kappa shape index (κ2) is 14.7. The monoisotopic (exact) mass is 336 g/mol. The number of rotatable bonds is 16. The molecule has 0 bridgehead atoms. The van der Waals surface area contributed by atoms with Gasteiger partial charge in [0.2, 0.25) is 0 Å². The first-order chi connectivity index (χ1) is 11.8. The molecule has 2 heteroatoms. The molecular weight excluding hydrogens is 292 g/mol. The van der Waals surface area contributed by atoms with Crippen molar-refractivity contribution in [2.24, 2.45) is 0 Å². The molecule has 0 radical (unpaired) electrons. The summed E-state index contributed by atoms with van der Waals surface area (Å²) in [4.78, 5) is 5.25. The van der Waals surface area contributed by atoms with Gasteiger partial charge in [-0.25, -0.2) is 0 Å². The van der Waals surface area contributed by atoms with Gasteiger partial charge in [0.25, 0.3) is 0 Å². The summed E-state index contributed by atoms with van der Waals surface area (Å²) in [5.41, 5.74) is 0. The highest BCUT2D eigenvalue weighted by atomic mass is 15.4. The van der Waals surface area contributed by atoms with E-state index in [-0.39, 0.29) is 0 Å². The maximum atomic E-state index is 2.63. The van der Waals surface area contributed by atoms with Crippen molar-refractivity contribution in [1.82, 2.24) is 9.80 Å². The average Bonchev–Trinajstić information content (AvgIpc) is 2.98. The summed E-state index contributed by atoms with van der Waals surface area (Å²) in [5, 5.41) is 0. The average molecular weight is 337 g/mol. The molecule has 1 aliphatic heterocycles. The quantitative estimate of drug-likeness (QED) is 0.282. The van der Waals surface area contributed by atoms with E-state index in [1.165, 1.54) is 103 Å². The fraction of sp³-hybridized carbons (Fsp3) is 0.909. The molecule has 1 unspecified atom stereocenters. The summed E-state index contributed by atoms with van der Waals surface area (Å²) in [6.07, 6.45) is 24.7. The highest BCUT2D eigenvalue weighted by molar-refractivity contribution is 4.96. The van der Waals surface area contributed by atoms with Crippen LogP contribution in [0.4, 0.5) is 0 Å². The van der Waals surface area contributed by atoms with Crippen molar-refractivity contribution in [3.8, 4) is 0 Å². The van der Waals surface area contributed by atoms with Crippen molar-refractivity contribution in [2.75, 3.05) is 13.1 Å². The lowest BCUT2D eigenvalue weighted by atomic mass is 10.1. The molecule has 1 atom stereocenters. The van der Waals surface area contributed by atoms with Crippen molar-refractivity contribution < 1.29 is 0 Å². The van der Waals surface area contributed by atoms with Gasteiger partial charge in [0, 0.05) is 25.5 Å². The van der Waals surface area contributed by atoms with Gasteiger partial charge in [-0.05, 0) is 25.7 Å². The van der Waals surface area contributed by atoms with E-state index in [9.17, 15) is 0 Å². The molecule has 0 aromatic carbocycles. The van der Waals surface area contributed by atoms with Gasteiger partial charge in [-0.1, -0.05) is 85.0 Å². The first-order valence-corrected chi connectivity index (χ1v) is 11.0. The second-order valence-electron chi connectivity index (χ2n) is 7.58. The van der Waals surface area contributed by atoms with Crippen LogP contribution in [0.15, 0.2) is 12.4 Å². The lowest BCUT2D eigenvalue weighted by molar-refractivity contribution is 0.136. The van der Waals surface area contributed by atoms with Crippen LogP contribution in [0.25, 0.3) is 0 Å². The van der Waals surface area contributed by atoms with Gasteiger partial charge in [-0.3, -0.25) is 0 Å². The van der Waals surface area contributed by atoms with Crippen LogP contribution in [0.3, 0.4) is 0 Å². The van der Waals surface area contributed by atoms with E-state index < -0.39 is 0 Å². The minimum absolute atomic E-state index is 0.647. The van der Waals surface area contributed by atoms with Crippen LogP contribution in [0.2, 0.25) is 0 Å². The molecule has 2 nitrogen and oxygen atoms in total. The van der Waals surface area contributed by atoms with Crippen LogP contribution in [0.5, 0.6) is 0 Å². The van der Waals surface area contributed by atoms with E-state index in [0.29, 0.717) is 6.17 Å². The van der Waals surface area contributed by atoms with E-state index in [1.807, 2.05) is 0 Å². The molecule has 0 saturated heterocycles. The molecule has 0 N–H and O–H groups in total. The molecule has 0 spiro atoms. The Morgan fingerprint density at radius 1 is 0.542 bits per heavy atom. The number of hydrogen-bond donors (Lipinski definition) is 0. The SMILES string of the molecule is CCCCCCCCC1N(CCCC)C=CN1CCCCCCC. The van der Waals surface area contributed by atoms with E-state index in [4.69, 9.17) is 0 Å². The minimum atomic E-state index is 0.647. The molecule has 0 saturated carbocycles. The number of unbranched alkanes of at least 4 members (excludes halogenated alkanes) is 10. The Labute approximate surface area is 152 Å². The molecular formula is C22H44N2. The Morgan fingerprint density at radius 2 is 1.00 bits per heavy atom. The zero-order chi connectivity index (χ0) is 17.5. The summed E-state index contributed by atoms with van der Waals surface area (Å²) < 4.78 is 0. The predicted octanol–water partition coefficient (Wildman–Crippen LogP) is 6.92. The maximum Gasteiger partial charge on any atom is 0.101 e. The first-order valence-electron chi connectivity index (χ1n) is 11.0. The second-order valence-corrected chi connectivity index (χ2v) is 7.58. The molecule has 0 aromatic rings. The molecule has 0 amide bonds. The van der Waals surface area contributed by atoms with Gasteiger partial charge in [-0.15, -0.1) is 0 Å². The Morgan fingerprint density at radius 3 is 1.58 bits per heavy atom. The van der Waals surface area contributed by atoms with Gasteiger partial charge in [-0.2, -0.15) is 0 Å². The molecule has 142 valence electrons. The van der Waals surface area contributed by atoms with Crippen molar-refractivity contribution >= 4 is 0 Å². The van der Waals surface area contributed by atoms with Crippen molar-refractivity contribution in [1.29, 1.82) is 0 Å². The zero-order valence-corrected chi connectivity index (χ0v) is 16.9. The van der Waals surface area contributed by atoms with Crippen LogP contribution in [-0.4, -0.2) is 29.1 Å². The molecule has 0 aliphatic carbocycles. The van der Waals surface area contributed by atoms with Gasteiger partial charge >= 0.3 is 0 Å². The molecule has 0 fully saturated rings. The number of nitrogens with zero attached hydrogens (tertiary/aromatic N) is 2. The highest BCUT2D eigenvalue weighted by Crippen LogP contribution is 2.23. The van der Waals surface area contributed by atoms with E-state index in [0.717, 1.165) is 0 Å². The van der Waals surface area contributed by atoms with E-state index >= 15 is 0 Å². The minimum Gasteiger partial charge on any atom is -0.356 e. The fourth-order valence-electron chi connectivity index (χ4n) is 3.69. The molecule has 24 heavy (non-hydrogen) atoms. The van der Waals surface area contributed by atoms with Crippen LogP contribution in [-0.2, 0) is 0 Å². The topological polar surface area (TPSA) is 6.48 Å². The summed E-state index contributed by atoms with van der Waals surface area (Å²) in [7, 11) is 0. The summed E-state index contributed by atoms with van der Waals surface area (Å²) >= 11 is 0. The third-order valence-corrected chi connectivity index (χ3v) is 5.32. The van der Waals surface area contributed by atoms with Crippen molar-refractivity contribution in [3.63, 3.8) is 0 Å². The highest BCUT2D eigenvalue weighted by Gasteiger charge is 2.24. The van der Waals surface area contributed by atoms with Crippen LogP contribution in [0, 0.1) is 0 Å². The smallest absolute Gasteiger partial charge is 0.101 e. The third-order valence-electron chi connectivity index (χ3n) is 5.32. The fourth-order valence-corrected chi connectivity index (χ4v) is 3.69. The van der Waals surface area contributed by atoms with Crippen LogP contribution < -0.4 is 0 Å². The standard InChI is InChI=1S/C22H44N2/c1-4-7-10-12-13-15-17-22-23(18-9-6-3)20-21-24(22)19-16-14-11-8-5-2/h20-22H,4-19H2,1-3H3. The Balaban J connectivity index is 2.30. The Hall–Kier alpha value is -0.660. The zero-order valence-electron chi connectivity index (χ0n) is 16.9.